The highest BCUT2D eigenvalue weighted by Crippen LogP contribution is 2.16. The summed E-state index contributed by atoms with van der Waals surface area (Å²) >= 11 is 0. The second-order valence-corrected chi connectivity index (χ2v) is 7.20. The smallest absolute Gasteiger partial charge is 0.140 e. The SMILES string of the molecule is Cc1cccn2cc(COc3ccc(CNCC4CNCC4O)cc3)nc12.Cl. The van der Waals surface area contributed by atoms with Gasteiger partial charge in [-0.05, 0) is 36.2 Å². The van der Waals surface area contributed by atoms with Gasteiger partial charge in [0, 0.05) is 44.5 Å². The minimum absolute atomic E-state index is 0. The second kappa shape index (κ2) is 9.39. The Morgan fingerprint density at radius 1 is 1.25 bits per heavy atom. The summed E-state index contributed by atoms with van der Waals surface area (Å²) in [6, 6.07) is 12.2. The Hall–Kier alpha value is -2.12. The molecule has 0 amide bonds. The zero-order valence-corrected chi connectivity index (χ0v) is 16.8. The molecule has 0 saturated carbocycles. The highest BCUT2D eigenvalue weighted by atomic mass is 35.5. The van der Waals surface area contributed by atoms with Gasteiger partial charge in [0.15, 0.2) is 0 Å². The maximum atomic E-state index is 9.81. The third-order valence-corrected chi connectivity index (χ3v) is 5.08. The van der Waals surface area contributed by atoms with Crippen molar-refractivity contribution in [1.29, 1.82) is 0 Å². The molecule has 1 saturated heterocycles. The Balaban J connectivity index is 0.00000225. The fourth-order valence-electron chi connectivity index (χ4n) is 3.46. The molecule has 7 heteroatoms. The monoisotopic (exact) mass is 402 g/mol. The van der Waals surface area contributed by atoms with E-state index in [4.69, 9.17) is 4.74 Å². The van der Waals surface area contributed by atoms with Gasteiger partial charge in [-0.15, -0.1) is 12.4 Å². The van der Waals surface area contributed by atoms with Gasteiger partial charge in [-0.1, -0.05) is 18.2 Å². The van der Waals surface area contributed by atoms with Crippen LogP contribution in [-0.4, -0.2) is 40.2 Å². The van der Waals surface area contributed by atoms with Gasteiger partial charge in [0.05, 0.1) is 11.8 Å². The lowest BCUT2D eigenvalue weighted by Gasteiger charge is -2.14. The van der Waals surface area contributed by atoms with Crippen molar-refractivity contribution in [3.63, 3.8) is 0 Å². The summed E-state index contributed by atoms with van der Waals surface area (Å²) in [7, 11) is 0. The Bertz CT molecular complexity index is 897. The number of pyridine rings is 1. The summed E-state index contributed by atoms with van der Waals surface area (Å²) < 4.78 is 7.91. The quantitative estimate of drug-likeness (QED) is 0.565. The predicted octanol–water partition coefficient (Wildman–Crippen LogP) is 2.31. The van der Waals surface area contributed by atoms with Crippen LogP contribution in [0.2, 0.25) is 0 Å². The summed E-state index contributed by atoms with van der Waals surface area (Å²) in [5, 5.41) is 16.4. The summed E-state index contributed by atoms with van der Waals surface area (Å²) in [6.07, 6.45) is 3.77. The van der Waals surface area contributed by atoms with E-state index in [-0.39, 0.29) is 18.5 Å². The first-order valence-electron chi connectivity index (χ1n) is 9.43. The molecular formula is C21H27ClN4O2. The number of benzene rings is 1. The molecule has 0 bridgehead atoms. The number of nitrogens with one attached hydrogen (secondary N) is 2. The molecule has 0 aliphatic carbocycles. The average molecular weight is 403 g/mol. The van der Waals surface area contributed by atoms with Gasteiger partial charge < -0.3 is 24.9 Å². The van der Waals surface area contributed by atoms with E-state index in [0.29, 0.717) is 19.1 Å². The van der Waals surface area contributed by atoms with Crippen molar-refractivity contribution in [2.45, 2.75) is 26.2 Å². The fourth-order valence-corrected chi connectivity index (χ4v) is 3.46. The number of β-amino-alcohol motifs (C(OH)–C–C–N with tert-alkyl or cyclic N) is 1. The Morgan fingerprint density at radius 2 is 2.07 bits per heavy atom. The third-order valence-electron chi connectivity index (χ3n) is 5.08. The molecule has 1 fully saturated rings. The molecule has 28 heavy (non-hydrogen) atoms. The zero-order valence-electron chi connectivity index (χ0n) is 16.0. The van der Waals surface area contributed by atoms with Gasteiger partial charge >= 0.3 is 0 Å². The first-order valence-corrected chi connectivity index (χ1v) is 9.43. The zero-order chi connectivity index (χ0) is 18.6. The number of hydrogen-bond acceptors (Lipinski definition) is 5. The van der Waals surface area contributed by atoms with Gasteiger partial charge in [0.2, 0.25) is 0 Å². The predicted molar refractivity (Wildman–Crippen MR) is 112 cm³/mol. The normalized spacial score (nSPS) is 18.9. The molecule has 3 aromatic rings. The number of rotatable bonds is 7. The minimum atomic E-state index is -0.239. The van der Waals surface area contributed by atoms with E-state index in [1.54, 1.807) is 0 Å². The number of ether oxygens (including phenoxy) is 1. The Labute approximate surface area is 171 Å². The maximum absolute atomic E-state index is 9.81. The molecular weight excluding hydrogens is 376 g/mol. The largest absolute Gasteiger partial charge is 0.487 e. The molecule has 6 nitrogen and oxygen atoms in total. The number of aliphatic hydroxyl groups is 1. The van der Waals surface area contributed by atoms with E-state index >= 15 is 0 Å². The summed E-state index contributed by atoms with van der Waals surface area (Å²) in [5.41, 5.74) is 4.24. The van der Waals surface area contributed by atoms with Crippen molar-refractivity contribution in [3.8, 4) is 5.75 Å². The van der Waals surface area contributed by atoms with Gasteiger partial charge in [0.25, 0.3) is 0 Å². The van der Waals surface area contributed by atoms with Crippen LogP contribution in [0.4, 0.5) is 0 Å². The van der Waals surface area contributed by atoms with Gasteiger partial charge in [0.1, 0.15) is 18.0 Å². The molecule has 0 spiro atoms. The van der Waals surface area contributed by atoms with E-state index in [1.165, 1.54) is 5.56 Å². The molecule has 3 N–H and O–H groups in total. The Morgan fingerprint density at radius 3 is 2.79 bits per heavy atom. The molecule has 150 valence electrons. The molecule has 2 atom stereocenters. The van der Waals surface area contributed by atoms with Crippen molar-refractivity contribution in [2.75, 3.05) is 19.6 Å². The average Bonchev–Trinajstić information content (AvgIpc) is 3.28. The van der Waals surface area contributed by atoms with Crippen molar-refractivity contribution in [3.05, 3.63) is 65.6 Å². The molecule has 0 radical (unpaired) electrons. The van der Waals surface area contributed by atoms with E-state index in [0.717, 1.165) is 42.3 Å². The first kappa shape index (κ1) is 20.6. The number of imidazole rings is 1. The summed E-state index contributed by atoms with van der Waals surface area (Å²) in [5.74, 6) is 1.13. The lowest BCUT2D eigenvalue weighted by atomic mass is 10.1. The number of aliphatic hydroxyl groups excluding tert-OH is 1. The molecule has 2 unspecified atom stereocenters. The van der Waals surface area contributed by atoms with Crippen LogP contribution >= 0.6 is 12.4 Å². The number of nitrogens with zero attached hydrogens (tertiary/aromatic N) is 2. The van der Waals surface area contributed by atoms with Crippen molar-refractivity contribution >= 4 is 18.1 Å². The van der Waals surface area contributed by atoms with Gasteiger partial charge in [-0.2, -0.15) is 0 Å². The van der Waals surface area contributed by atoms with E-state index in [1.807, 2.05) is 35.0 Å². The standard InChI is InChI=1S/C21H26N4O2.ClH/c1-15-3-2-8-25-13-18(24-21(15)25)14-27-19-6-4-16(5-7-19)9-22-10-17-11-23-12-20(17)26;/h2-8,13,17,20,22-23,26H,9-12,14H2,1H3;1H. The molecule has 1 aromatic carbocycles. The van der Waals surface area contributed by atoms with Crippen LogP contribution in [0.1, 0.15) is 16.8 Å². The van der Waals surface area contributed by atoms with Crippen molar-refractivity contribution in [1.82, 2.24) is 20.0 Å². The van der Waals surface area contributed by atoms with Crippen LogP contribution in [0.5, 0.6) is 5.75 Å². The molecule has 1 aliphatic rings. The lowest BCUT2D eigenvalue weighted by molar-refractivity contribution is 0.146. The number of aromatic nitrogens is 2. The third kappa shape index (κ3) is 4.83. The maximum Gasteiger partial charge on any atom is 0.140 e. The van der Waals surface area contributed by atoms with E-state index < -0.39 is 0 Å². The van der Waals surface area contributed by atoms with Crippen LogP contribution < -0.4 is 15.4 Å². The molecule has 4 rings (SSSR count). The lowest BCUT2D eigenvalue weighted by Crippen LogP contribution is -2.30. The van der Waals surface area contributed by atoms with Gasteiger partial charge in [-0.25, -0.2) is 4.98 Å². The summed E-state index contributed by atoms with van der Waals surface area (Å²) in [6.45, 7) is 5.69. The minimum Gasteiger partial charge on any atom is -0.487 e. The highest BCUT2D eigenvalue weighted by Gasteiger charge is 2.23. The molecule has 2 aromatic heterocycles. The fraction of sp³-hybridized carbons (Fsp3) is 0.381. The topological polar surface area (TPSA) is 70.8 Å². The van der Waals surface area contributed by atoms with Crippen LogP contribution in [0.25, 0.3) is 5.65 Å². The molecule has 3 heterocycles. The molecule has 1 aliphatic heterocycles. The van der Waals surface area contributed by atoms with Crippen LogP contribution in [0.15, 0.2) is 48.8 Å². The number of hydrogen-bond donors (Lipinski definition) is 3. The first-order chi connectivity index (χ1) is 13.2. The van der Waals surface area contributed by atoms with Crippen molar-refractivity contribution in [2.24, 2.45) is 5.92 Å². The number of halogens is 1. The van der Waals surface area contributed by atoms with Crippen molar-refractivity contribution < 1.29 is 9.84 Å². The second-order valence-electron chi connectivity index (χ2n) is 7.20. The highest BCUT2D eigenvalue weighted by molar-refractivity contribution is 5.85. The number of aryl methyl sites for hydroxylation is 1. The van der Waals surface area contributed by atoms with Crippen LogP contribution in [-0.2, 0) is 13.2 Å². The summed E-state index contributed by atoms with van der Waals surface area (Å²) in [4.78, 5) is 4.63. The Kier molecular flexibility index (Phi) is 6.91. The van der Waals surface area contributed by atoms with E-state index in [9.17, 15) is 5.11 Å². The van der Waals surface area contributed by atoms with Gasteiger partial charge in [-0.3, -0.25) is 0 Å². The van der Waals surface area contributed by atoms with E-state index in [2.05, 4.69) is 40.7 Å². The van der Waals surface area contributed by atoms with Crippen LogP contribution in [0, 0.1) is 12.8 Å². The number of fused-ring (bicyclic) bond motifs is 1. The van der Waals surface area contributed by atoms with Crippen LogP contribution in [0.3, 0.4) is 0 Å².